The summed E-state index contributed by atoms with van der Waals surface area (Å²) < 4.78 is 40.2. The Morgan fingerprint density at radius 1 is 1.15 bits per heavy atom. The van der Waals surface area contributed by atoms with Crippen LogP contribution in [0.3, 0.4) is 0 Å². The van der Waals surface area contributed by atoms with Gasteiger partial charge in [-0.1, -0.05) is 12.1 Å². The van der Waals surface area contributed by atoms with Crippen LogP contribution in [-0.4, -0.2) is 17.6 Å². The van der Waals surface area contributed by atoms with E-state index in [1.165, 1.54) is 24.3 Å². The summed E-state index contributed by atoms with van der Waals surface area (Å²) in [5.41, 5.74) is 0.150. The largest absolute Gasteiger partial charge is 0.573 e. The van der Waals surface area contributed by atoms with E-state index < -0.39 is 17.7 Å². The molecule has 1 aromatic heterocycles. The van der Waals surface area contributed by atoms with Crippen molar-refractivity contribution in [2.45, 2.75) is 6.36 Å². The van der Waals surface area contributed by atoms with E-state index in [9.17, 15) is 22.8 Å². The summed E-state index contributed by atoms with van der Waals surface area (Å²) in [5, 5.41) is 0. The number of alkyl halides is 3. The van der Waals surface area contributed by atoms with Crippen LogP contribution in [0.4, 0.5) is 13.2 Å². The van der Waals surface area contributed by atoms with Gasteiger partial charge in [0.25, 0.3) is 0 Å². The molecule has 0 bridgehead atoms. The molecular weight excluding hydrogens is 275 g/mol. The lowest BCUT2D eigenvalue weighted by molar-refractivity contribution is -0.274. The minimum atomic E-state index is -4.79. The summed E-state index contributed by atoms with van der Waals surface area (Å²) >= 11 is 0. The molecule has 0 spiro atoms. The maximum Gasteiger partial charge on any atom is 0.573 e. The first-order valence-corrected chi connectivity index (χ1v) is 5.44. The quantitative estimate of drug-likeness (QED) is 0.881. The summed E-state index contributed by atoms with van der Waals surface area (Å²) in [6.07, 6.45) is -4.37. The molecule has 0 amide bonds. The first kappa shape index (κ1) is 13.9. The van der Waals surface area contributed by atoms with Gasteiger partial charge >= 0.3 is 6.36 Å². The van der Waals surface area contributed by atoms with Crippen LogP contribution >= 0.6 is 0 Å². The van der Waals surface area contributed by atoms with Gasteiger partial charge in [0.1, 0.15) is 5.75 Å². The van der Waals surface area contributed by atoms with Gasteiger partial charge in [-0.25, -0.2) is 0 Å². The van der Waals surface area contributed by atoms with Crippen molar-refractivity contribution in [3.8, 4) is 16.9 Å². The van der Waals surface area contributed by atoms with Gasteiger partial charge in [-0.3, -0.25) is 9.59 Å². The highest BCUT2D eigenvalue weighted by atomic mass is 19.4. The second-order valence-corrected chi connectivity index (χ2v) is 3.84. The number of aldehydes is 1. The maximum absolute atomic E-state index is 12.1. The smallest absolute Gasteiger partial charge is 0.406 e. The summed E-state index contributed by atoms with van der Waals surface area (Å²) in [6, 6.07) is 7.67. The van der Waals surface area contributed by atoms with Crippen molar-refractivity contribution in [1.82, 2.24) is 4.98 Å². The number of hydrogen-bond acceptors (Lipinski definition) is 3. The Bertz CT molecular complexity index is 692. The lowest BCUT2D eigenvalue weighted by Crippen LogP contribution is -2.17. The standard InChI is InChI=1S/C13H8F3NO3/c14-13(15,16)20-9-3-1-2-8(6-9)10-4-5-12(19)17-11(10)7-18/h1-7H,(H,17,19). The number of carbonyl (C=O) groups is 1. The first-order valence-electron chi connectivity index (χ1n) is 5.44. The van der Waals surface area contributed by atoms with E-state index in [2.05, 4.69) is 9.72 Å². The van der Waals surface area contributed by atoms with Crippen molar-refractivity contribution in [1.29, 1.82) is 0 Å². The Morgan fingerprint density at radius 3 is 2.55 bits per heavy atom. The van der Waals surface area contributed by atoms with Gasteiger partial charge in [-0.05, 0) is 23.8 Å². The van der Waals surface area contributed by atoms with Gasteiger partial charge in [0.15, 0.2) is 6.29 Å². The number of benzene rings is 1. The van der Waals surface area contributed by atoms with Crippen LogP contribution in [0, 0.1) is 0 Å². The molecule has 20 heavy (non-hydrogen) atoms. The van der Waals surface area contributed by atoms with Crippen LogP contribution in [0.5, 0.6) is 5.75 Å². The number of nitrogens with one attached hydrogen (secondary N) is 1. The molecule has 104 valence electrons. The predicted octanol–water partition coefficient (Wildman–Crippen LogP) is 2.75. The third-order valence-corrected chi connectivity index (χ3v) is 2.45. The molecule has 4 nitrogen and oxygen atoms in total. The van der Waals surface area contributed by atoms with Crippen LogP contribution in [-0.2, 0) is 0 Å². The van der Waals surface area contributed by atoms with Crippen molar-refractivity contribution in [2.75, 3.05) is 0 Å². The van der Waals surface area contributed by atoms with Crippen LogP contribution in [0.15, 0.2) is 41.2 Å². The van der Waals surface area contributed by atoms with Gasteiger partial charge in [-0.15, -0.1) is 13.2 Å². The van der Waals surface area contributed by atoms with Crippen molar-refractivity contribution in [2.24, 2.45) is 0 Å². The zero-order valence-corrected chi connectivity index (χ0v) is 9.90. The third kappa shape index (κ3) is 3.25. The number of hydrogen-bond donors (Lipinski definition) is 1. The Morgan fingerprint density at radius 2 is 1.90 bits per heavy atom. The molecule has 0 aliphatic rings. The molecule has 2 aromatic rings. The number of rotatable bonds is 3. The Hall–Kier alpha value is -2.57. The Labute approximate surface area is 110 Å². The molecule has 0 radical (unpaired) electrons. The van der Waals surface area contributed by atoms with E-state index in [4.69, 9.17) is 0 Å². The summed E-state index contributed by atoms with van der Waals surface area (Å²) in [4.78, 5) is 24.3. The summed E-state index contributed by atoms with van der Waals surface area (Å²) in [5.74, 6) is -0.405. The molecule has 2 rings (SSSR count). The van der Waals surface area contributed by atoms with E-state index in [-0.39, 0.29) is 5.69 Å². The molecule has 1 heterocycles. The average molecular weight is 283 g/mol. The molecule has 0 fully saturated rings. The minimum Gasteiger partial charge on any atom is -0.406 e. The normalized spacial score (nSPS) is 11.2. The number of aromatic amines is 1. The third-order valence-electron chi connectivity index (χ3n) is 2.45. The number of halogens is 3. The molecule has 7 heteroatoms. The van der Waals surface area contributed by atoms with Gasteiger partial charge in [-0.2, -0.15) is 0 Å². The molecule has 0 aliphatic carbocycles. The lowest BCUT2D eigenvalue weighted by Gasteiger charge is -2.10. The average Bonchev–Trinajstić information content (AvgIpc) is 2.36. The van der Waals surface area contributed by atoms with Crippen LogP contribution in [0.1, 0.15) is 10.5 Å². The second kappa shape index (κ2) is 5.20. The highest BCUT2D eigenvalue weighted by Gasteiger charge is 2.31. The van der Waals surface area contributed by atoms with Gasteiger partial charge in [0.2, 0.25) is 5.56 Å². The van der Waals surface area contributed by atoms with Crippen LogP contribution in [0.25, 0.3) is 11.1 Å². The SMILES string of the molecule is O=Cc1[nH]c(=O)ccc1-c1cccc(OC(F)(F)F)c1. The fraction of sp³-hybridized carbons (Fsp3) is 0.0769. The number of ether oxygens (including phenoxy) is 1. The molecule has 0 aliphatic heterocycles. The molecule has 0 saturated heterocycles. The van der Waals surface area contributed by atoms with Gasteiger partial charge in [0, 0.05) is 11.6 Å². The monoisotopic (exact) mass is 283 g/mol. The van der Waals surface area contributed by atoms with Gasteiger partial charge in [0.05, 0.1) is 5.69 Å². The highest BCUT2D eigenvalue weighted by Crippen LogP contribution is 2.28. The molecule has 0 atom stereocenters. The zero-order chi connectivity index (χ0) is 14.8. The highest BCUT2D eigenvalue weighted by molar-refractivity contribution is 5.85. The Balaban J connectivity index is 2.46. The number of pyridine rings is 1. The molecule has 0 unspecified atom stereocenters. The van der Waals surface area contributed by atoms with Crippen LogP contribution < -0.4 is 10.3 Å². The van der Waals surface area contributed by atoms with E-state index in [0.29, 0.717) is 17.4 Å². The predicted molar refractivity (Wildman–Crippen MR) is 64.6 cm³/mol. The van der Waals surface area contributed by atoms with Crippen molar-refractivity contribution in [3.63, 3.8) is 0 Å². The minimum absolute atomic E-state index is 0.0124. The van der Waals surface area contributed by atoms with E-state index in [0.717, 1.165) is 12.1 Å². The number of aromatic nitrogens is 1. The van der Waals surface area contributed by atoms with Crippen molar-refractivity contribution < 1.29 is 22.7 Å². The van der Waals surface area contributed by atoms with Gasteiger partial charge < -0.3 is 9.72 Å². The first-order chi connectivity index (χ1) is 9.39. The second-order valence-electron chi connectivity index (χ2n) is 3.84. The molecular formula is C13H8F3NO3. The summed E-state index contributed by atoms with van der Waals surface area (Å²) in [7, 11) is 0. The summed E-state index contributed by atoms with van der Waals surface area (Å²) in [6.45, 7) is 0. The van der Waals surface area contributed by atoms with Crippen molar-refractivity contribution in [3.05, 3.63) is 52.4 Å². The van der Waals surface area contributed by atoms with E-state index in [1.807, 2.05) is 0 Å². The molecule has 1 aromatic carbocycles. The zero-order valence-electron chi connectivity index (χ0n) is 9.90. The molecule has 0 saturated carbocycles. The number of H-pyrrole nitrogens is 1. The van der Waals surface area contributed by atoms with E-state index >= 15 is 0 Å². The topological polar surface area (TPSA) is 59.2 Å². The lowest BCUT2D eigenvalue weighted by atomic mass is 10.0. The van der Waals surface area contributed by atoms with Crippen molar-refractivity contribution >= 4 is 6.29 Å². The Kier molecular flexibility index (Phi) is 3.60. The van der Waals surface area contributed by atoms with Crippen LogP contribution in [0.2, 0.25) is 0 Å². The fourth-order valence-electron chi connectivity index (χ4n) is 1.70. The molecule has 1 N–H and O–H groups in total. The number of carbonyl (C=O) groups excluding carboxylic acids is 1. The fourth-order valence-corrected chi connectivity index (χ4v) is 1.70. The maximum atomic E-state index is 12.1. The van der Waals surface area contributed by atoms with E-state index in [1.54, 1.807) is 0 Å².